The predicted molar refractivity (Wildman–Crippen MR) is 88.3 cm³/mol. The molecule has 3 nitrogen and oxygen atoms in total. The number of amides is 1. The average molecular weight is 295 g/mol. The molecule has 1 aliphatic rings. The standard InChI is InChI=1S/C19H21NO2/c1-2-7-15-8-6-9-16(12-15)19(21)20(13-18-14-22-18)17-10-4-3-5-11-17/h3-6,8-12,18H,2,7,13-14H2,1H3. The number of aryl methyl sites for hydroxylation is 1. The number of hydrogen-bond acceptors (Lipinski definition) is 2. The topological polar surface area (TPSA) is 32.8 Å². The molecule has 0 spiro atoms. The Bertz CT molecular complexity index is 635. The van der Waals surface area contributed by atoms with E-state index >= 15 is 0 Å². The maximum Gasteiger partial charge on any atom is 0.258 e. The highest BCUT2D eigenvalue weighted by atomic mass is 16.6. The summed E-state index contributed by atoms with van der Waals surface area (Å²) in [6, 6.07) is 17.8. The van der Waals surface area contributed by atoms with Gasteiger partial charge >= 0.3 is 0 Å². The molecule has 0 N–H and O–H groups in total. The van der Waals surface area contributed by atoms with E-state index < -0.39 is 0 Å². The van der Waals surface area contributed by atoms with Crippen LogP contribution in [0.1, 0.15) is 29.3 Å². The number of para-hydroxylation sites is 1. The smallest absolute Gasteiger partial charge is 0.258 e. The average Bonchev–Trinajstić information content (AvgIpc) is 3.38. The van der Waals surface area contributed by atoms with Gasteiger partial charge in [0.2, 0.25) is 0 Å². The normalized spacial score (nSPS) is 16.3. The van der Waals surface area contributed by atoms with Crippen molar-refractivity contribution in [2.45, 2.75) is 25.9 Å². The molecule has 1 heterocycles. The number of nitrogens with zero attached hydrogens (tertiary/aromatic N) is 1. The van der Waals surface area contributed by atoms with Crippen molar-refractivity contribution in [1.82, 2.24) is 0 Å². The first-order chi connectivity index (χ1) is 10.8. The van der Waals surface area contributed by atoms with Crippen LogP contribution in [0.2, 0.25) is 0 Å². The Labute approximate surface area is 131 Å². The number of epoxide rings is 1. The van der Waals surface area contributed by atoms with Crippen LogP contribution < -0.4 is 4.90 Å². The van der Waals surface area contributed by atoms with E-state index in [9.17, 15) is 4.79 Å². The lowest BCUT2D eigenvalue weighted by Crippen LogP contribution is -2.34. The summed E-state index contributed by atoms with van der Waals surface area (Å²) in [6.45, 7) is 3.50. The molecule has 2 aromatic rings. The molecule has 1 amide bonds. The largest absolute Gasteiger partial charge is 0.371 e. The van der Waals surface area contributed by atoms with Gasteiger partial charge in [-0.15, -0.1) is 0 Å². The van der Waals surface area contributed by atoms with Crippen molar-refractivity contribution >= 4 is 11.6 Å². The fourth-order valence-corrected chi connectivity index (χ4v) is 2.59. The fourth-order valence-electron chi connectivity index (χ4n) is 2.59. The Balaban J connectivity index is 1.86. The summed E-state index contributed by atoms with van der Waals surface area (Å²) in [5.74, 6) is 0.0413. The molecule has 2 aromatic carbocycles. The number of ether oxygens (including phenoxy) is 1. The summed E-state index contributed by atoms with van der Waals surface area (Å²) >= 11 is 0. The van der Waals surface area contributed by atoms with Gasteiger partial charge < -0.3 is 9.64 Å². The Hall–Kier alpha value is -2.13. The van der Waals surface area contributed by atoms with Crippen LogP contribution in [-0.2, 0) is 11.2 Å². The molecule has 0 saturated carbocycles. The molecule has 1 saturated heterocycles. The van der Waals surface area contributed by atoms with E-state index in [4.69, 9.17) is 4.74 Å². The van der Waals surface area contributed by atoms with Crippen molar-refractivity contribution in [1.29, 1.82) is 0 Å². The molecule has 0 aliphatic carbocycles. The number of hydrogen-bond donors (Lipinski definition) is 0. The van der Waals surface area contributed by atoms with Crippen LogP contribution >= 0.6 is 0 Å². The van der Waals surface area contributed by atoms with E-state index in [-0.39, 0.29) is 12.0 Å². The molecular formula is C19H21NO2. The first-order valence-electron chi connectivity index (χ1n) is 7.85. The quantitative estimate of drug-likeness (QED) is 0.762. The van der Waals surface area contributed by atoms with Crippen molar-refractivity contribution in [3.05, 3.63) is 65.7 Å². The molecule has 114 valence electrons. The van der Waals surface area contributed by atoms with Gasteiger partial charge in [-0.2, -0.15) is 0 Å². The van der Waals surface area contributed by atoms with Crippen molar-refractivity contribution in [2.24, 2.45) is 0 Å². The van der Waals surface area contributed by atoms with E-state index in [0.29, 0.717) is 6.54 Å². The number of anilines is 1. The monoisotopic (exact) mass is 295 g/mol. The summed E-state index contributed by atoms with van der Waals surface area (Å²) in [5, 5.41) is 0. The zero-order chi connectivity index (χ0) is 15.4. The highest BCUT2D eigenvalue weighted by Gasteiger charge is 2.29. The highest BCUT2D eigenvalue weighted by Crippen LogP contribution is 2.21. The van der Waals surface area contributed by atoms with Gasteiger partial charge in [0.1, 0.15) is 0 Å². The molecule has 3 heteroatoms. The van der Waals surface area contributed by atoms with Crippen LogP contribution in [0, 0.1) is 0 Å². The molecule has 1 aliphatic heterocycles. The van der Waals surface area contributed by atoms with Crippen LogP contribution in [-0.4, -0.2) is 25.2 Å². The summed E-state index contributed by atoms with van der Waals surface area (Å²) in [4.78, 5) is 14.8. The van der Waals surface area contributed by atoms with E-state index in [1.807, 2.05) is 53.4 Å². The van der Waals surface area contributed by atoms with E-state index in [1.54, 1.807) is 0 Å². The molecular weight excluding hydrogens is 274 g/mol. The van der Waals surface area contributed by atoms with Crippen molar-refractivity contribution in [3.63, 3.8) is 0 Å². The Kier molecular flexibility index (Phi) is 4.54. The Morgan fingerprint density at radius 2 is 1.95 bits per heavy atom. The van der Waals surface area contributed by atoms with Gasteiger partial charge in [0, 0.05) is 11.3 Å². The fraction of sp³-hybridized carbons (Fsp3) is 0.316. The molecule has 22 heavy (non-hydrogen) atoms. The third-order valence-electron chi connectivity index (χ3n) is 3.81. The maximum absolute atomic E-state index is 12.9. The number of carbonyl (C=O) groups excluding carboxylic acids is 1. The van der Waals surface area contributed by atoms with Crippen LogP contribution in [0.4, 0.5) is 5.69 Å². The van der Waals surface area contributed by atoms with Gasteiger partial charge in [-0.1, -0.05) is 43.7 Å². The maximum atomic E-state index is 12.9. The van der Waals surface area contributed by atoms with Crippen molar-refractivity contribution < 1.29 is 9.53 Å². The molecule has 3 rings (SSSR count). The first kappa shape index (κ1) is 14.8. The Morgan fingerprint density at radius 1 is 1.18 bits per heavy atom. The third kappa shape index (κ3) is 3.55. The van der Waals surface area contributed by atoms with Gasteiger partial charge in [0.15, 0.2) is 0 Å². The van der Waals surface area contributed by atoms with Crippen LogP contribution in [0.15, 0.2) is 54.6 Å². The second kappa shape index (κ2) is 6.75. The second-order valence-electron chi connectivity index (χ2n) is 5.66. The number of benzene rings is 2. The minimum absolute atomic E-state index is 0.0413. The minimum Gasteiger partial charge on any atom is -0.371 e. The van der Waals surface area contributed by atoms with Crippen LogP contribution in [0.5, 0.6) is 0 Å². The lowest BCUT2D eigenvalue weighted by molar-refractivity contribution is 0.0984. The van der Waals surface area contributed by atoms with Gasteiger partial charge in [-0.05, 0) is 36.2 Å². The van der Waals surface area contributed by atoms with Gasteiger partial charge in [-0.3, -0.25) is 4.79 Å². The molecule has 1 atom stereocenters. The highest BCUT2D eigenvalue weighted by molar-refractivity contribution is 6.06. The summed E-state index contributed by atoms with van der Waals surface area (Å²) in [6.07, 6.45) is 2.25. The lowest BCUT2D eigenvalue weighted by Gasteiger charge is -2.22. The number of carbonyl (C=O) groups is 1. The van der Waals surface area contributed by atoms with E-state index in [2.05, 4.69) is 13.0 Å². The SMILES string of the molecule is CCCc1cccc(C(=O)N(CC2CO2)c2ccccc2)c1. The first-order valence-corrected chi connectivity index (χ1v) is 7.85. The molecule has 0 aromatic heterocycles. The second-order valence-corrected chi connectivity index (χ2v) is 5.66. The Morgan fingerprint density at radius 3 is 2.64 bits per heavy atom. The van der Waals surface area contributed by atoms with Gasteiger partial charge in [0.25, 0.3) is 5.91 Å². The predicted octanol–water partition coefficient (Wildman–Crippen LogP) is 3.68. The summed E-state index contributed by atoms with van der Waals surface area (Å²) in [5.41, 5.74) is 2.88. The molecule has 0 bridgehead atoms. The van der Waals surface area contributed by atoms with Crippen LogP contribution in [0.3, 0.4) is 0 Å². The third-order valence-corrected chi connectivity index (χ3v) is 3.81. The molecule has 1 unspecified atom stereocenters. The van der Waals surface area contributed by atoms with Crippen molar-refractivity contribution in [2.75, 3.05) is 18.1 Å². The summed E-state index contributed by atoms with van der Waals surface area (Å²) < 4.78 is 5.31. The van der Waals surface area contributed by atoms with Crippen LogP contribution in [0.25, 0.3) is 0 Å². The number of rotatable bonds is 6. The zero-order valence-electron chi connectivity index (χ0n) is 12.9. The van der Waals surface area contributed by atoms with Gasteiger partial charge in [0.05, 0.1) is 19.3 Å². The summed E-state index contributed by atoms with van der Waals surface area (Å²) in [7, 11) is 0. The molecule has 1 fully saturated rings. The van der Waals surface area contributed by atoms with Gasteiger partial charge in [-0.25, -0.2) is 0 Å². The minimum atomic E-state index is 0.0413. The van der Waals surface area contributed by atoms with E-state index in [0.717, 1.165) is 30.7 Å². The lowest BCUT2D eigenvalue weighted by atomic mass is 10.1. The molecule has 0 radical (unpaired) electrons. The van der Waals surface area contributed by atoms with E-state index in [1.165, 1.54) is 5.56 Å². The van der Waals surface area contributed by atoms with Crippen molar-refractivity contribution in [3.8, 4) is 0 Å². The zero-order valence-corrected chi connectivity index (χ0v) is 12.9.